The fourth-order valence-electron chi connectivity index (χ4n) is 9.53. The third-order valence-electron chi connectivity index (χ3n) is 14.7. The molecular formula is C81H76BBr3Cl4N10O7. The van der Waals surface area contributed by atoms with Crippen LogP contribution in [0.15, 0.2) is 260 Å². The number of aromatic nitrogens is 6. The molecule has 0 saturated carbocycles. The van der Waals surface area contributed by atoms with Crippen LogP contribution in [0.5, 0.6) is 23.0 Å². The van der Waals surface area contributed by atoms with Crippen LogP contribution in [0.4, 0.5) is 23.1 Å². The Hall–Kier alpha value is -9.80. The van der Waals surface area contributed by atoms with Gasteiger partial charge in [0.1, 0.15) is 28.8 Å². The standard InChI is InChI=1S/C27H25N3O2.C25H21N3O3.C18H17N3.C8H7NO2.C2H4Cl2.CH2Cl2.BBr3/c1-19-8-12-22(13-9-19)25-18-28-27(24(29-25)16-20-6-4-3-5-7-20)30-26(31)17-21-10-14-23(32-2)15-11-21;29-20-10-6-18(7-11-20)15-24(31)28-25-22(14-17-4-2-1-3-5-17)27-23(16-26-25)19-8-12-21(30)13-9-19;1-13-7-9-15(10-8-13)17-12-20-18(19)16(21-17)11-14-5-3-2-4-6-14;1-11-8-4-2-7(3-5-8)9-6-10;3-1-2-4;2-1-3;2-1(3)4/h3-15,18H,16-17H2,1-2H3,(H,28,30,31);1-13,16,29-30H,14-15H2,(H,26,28,31);2-10,12H,11H2,1H3,(H2,19,20);2-5H,1H3;1-2H2;1H2;. The van der Waals surface area contributed by atoms with Gasteiger partial charge in [-0.15, -0.1) is 93.7 Å². The Morgan fingerprint density at radius 1 is 0.462 bits per heavy atom. The zero-order chi connectivity index (χ0) is 76.4. The molecule has 3 aromatic heterocycles. The number of phenols is 2. The fraction of sp³-hybridized carbons (Fsp3) is 0.148. The molecule has 544 valence electrons. The van der Waals surface area contributed by atoms with Gasteiger partial charge in [-0.25, -0.2) is 34.7 Å². The van der Waals surface area contributed by atoms with Crippen LogP contribution in [-0.2, 0) is 46.5 Å². The largest absolute Gasteiger partial charge is 0.508 e. The van der Waals surface area contributed by atoms with Crippen molar-refractivity contribution in [3.8, 4) is 56.8 Å². The molecule has 6 N–H and O–H groups in total. The third-order valence-corrected chi connectivity index (χ3v) is 15.3. The molecule has 0 aliphatic carbocycles. The average molecular weight is 1690 g/mol. The lowest BCUT2D eigenvalue weighted by Gasteiger charge is -2.12. The summed E-state index contributed by atoms with van der Waals surface area (Å²) in [7, 11) is 3.20. The highest BCUT2D eigenvalue weighted by Crippen LogP contribution is 2.27. The Morgan fingerprint density at radius 2 is 0.774 bits per heavy atom. The number of carbonyl (C=O) groups excluding carboxylic acids is 3. The Labute approximate surface area is 663 Å². The van der Waals surface area contributed by atoms with Gasteiger partial charge in [0, 0.05) is 47.7 Å². The second-order valence-electron chi connectivity index (χ2n) is 22.5. The predicted molar refractivity (Wildman–Crippen MR) is 443 cm³/mol. The molecule has 12 aromatic rings. The molecule has 0 unspecified atom stereocenters. The number of aromatic hydroxyl groups is 2. The number of nitrogens with zero attached hydrogens (tertiary/aromatic N) is 7. The van der Waals surface area contributed by atoms with Crippen LogP contribution < -0.4 is 25.8 Å². The number of amides is 2. The highest BCUT2D eigenvalue weighted by Gasteiger charge is 2.17. The van der Waals surface area contributed by atoms with Crippen molar-refractivity contribution < 1.29 is 34.1 Å². The van der Waals surface area contributed by atoms with Crippen LogP contribution in [-0.4, -0.2) is 92.5 Å². The van der Waals surface area contributed by atoms with Crippen LogP contribution in [0.2, 0.25) is 0 Å². The smallest absolute Gasteiger partial charge is 0.369 e. The predicted octanol–water partition coefficient (Wildman–Crippen LogP) is 19.9. The molecule has 0 aliphatic rings. The summed E-state index contributed by atoms with van der Waals surface area (Å²) in [6.45, 7) is 4.12. The number of methoxy groups -OCH3 is 2. The summed E-state index contributed by atoms with van der Waals surface area (Å²) in [4.78, 5) is 66.2. The molecule has 0 spiro atoms. The molecule has 106 heavy (non-hydrogen) atoms. The first-order valence-electron chi connectivity index (χ1n) is 32.6. The molecule has 3 heterocycles. The second kappa shape index (κ2) is 47.6. The number of isocyanates is 1. The van der Waals surface area contributed by atoms with Gasteiger partial charge in [-0.2, -0.15) is 4.99 Å². The fourth-order valence-corrected chi connectivity index (χ4v) is 9.53. The van der Waals surface area contributed by atoms with Gasteiger partial charge in [-0.3, -0.25) is 9.59 Å². The number of carbonyl (C=O) groups is 2. The van der Waals surface area contributed by atoms with Crippen molar-refractivity contribution >= 4 is 138 Å². The van der Waals surface area contributed by atoms with E-state index in [-0.39, 0.29) is 44.7 Å². The van der Waals surface area contributed by atoms with E-state index in [1.807, 2.05) is 115 Å². The Balaban J connectivity index is 0.000000221. The van der Waals surface area contributed by atoms with E-state index < -0.39 is 0 Å². The summed E-state index contributed by atoms with van der Waals surface area (Å²) < 4.78 is 10.4. The van der Waals surface area contributed by atoms with Gasteiger partial charge in [-0.1, -0.05) is 175 Å². The number of ether oxygens (including phenoxy) is 2. The third kappa shape index (κ3) is 31.5. The summed E-state index contributed by atoms with van der Waals surface area (Å²) in [5, 5.41) is 25.0. The normalized spacial score (nSPS) is 9.95. The van der Waals surface area contributed by atoms with Crippen LogP contribution >= 0.6 is 93.7 Å². The molecule has 9 aromatic carbocycles. The van der Waals surface area contributed by atoms with Gasteiger partial charge in [0.2, 0.25) is 17.9 Å². The van der Waals surface area contributed by atoms with E-state index in [1.54, 1.807) is 106 Å². The minimum atomic E-state index is -0.216. The average Bonchev–Trinajstić information content (AvgIpc) is 0.802. The molecule has 2 amide bonds. The molecule has 0 saturated heterocycles. The van der Waals surface area contributed by atoms with E-state index >= 15 is 0 Å². The molecule has 0 aliphatic heterocycles. The molecule has 0 radical (unpaired) electrons. The first kappa shape index (κ1) is 85.1. The quantitative estimate of drug-likeness (QED) is 0.0219. The van der Waals surface area contributed by atoms with Crippen molar-refractivity contribution in [1.82, 2.24) is 29.9 Å². The van der Waals surface area contributed by atoms with E-state index in [0.717, 1.165) is 73.2 Å². The number of rotatable bonds is 19. The van der Waals surface area contributed by atoms with E-state index in [9.17, 15) is 24.6 Å². The van der Waals surface area contributed by atoms with Crippen LogP contribution in [0.25, 0.3) is 33.8 Å². The SMILES string of the molecule is BrB(Br)Br.COc1ccc(CC(=O)Nc2ncc(-c3ccc(C)cc3)nc2Cc2ccccc2)cc1.COc1ccc(N=C=O)cc1.Cc1ccc(-c2cnc(N)c(Cc3ccccc3)n2)cc1.ClCCCl.ClCCl.O=C(Cc1ccc(O)cc1)Nc1ncc(-c2ccc(O)cc2)nc1Cc1ccccc1. The number of nitrogens with one attached hydrogen (secondary N) is 2. The maximum absolute atomic E-state index is 12.7. The molecule has 0 bridgehead atoms. The van der Waals surface area contributed by atoms with Crippen LogP contribution in [0.3, 0.4) is 0 Å². The molecule has 0 fully saturated rings. The molecule has 12 rings (SSSR count). The number of phenolic OH excluding ortho intramolecular Hbond substituents is 2. The summed E-state index contributed by atoms with van der Waals surface area (Å²) >= 11 is 28.9. The maximum atomic E-state index is 12.7. The number of halogens is 7. The molecule has 17 nitrogen and oxygen atoms in total. The van der Waals surface area contributed by atoms with Crippen molar-refractivity contribution in [3.63, 3.8) is 0 Å². The summed E-state index contributed by atoms with van der Waals surface area (Å²) in [6, 6.07) is 74.1. The first-order valence-corrected chi connectivity index (χ1v) is 37.5. The van der Waals surface area contributed by atoms with Gasteiger partial charge in [0.05, 0.1) is 90.8 Å². The lowest BCUT2D eigenvalue weighted by molar-refractivity contribution is -0.116. The molecule has 25 heteroatoms. The Bertz CT molecular complexity index is 4630. The minimum absolute atomic E-state index is 0.137. The minimum Gasteiger partial charge on any atom is -0.508 e. The number of benzene rings is 9. The van der Waals surface area contributed by atoms with Gasteiger partial charge in [-0.05, 0) is 114 Å². The number of aryl methyl sites for hydroxylation is 2. The summed E-state index contributed by atoms with van der Waals surface area (Å²) in [5.74, 6) is 4.00. The van der Waals surface area contributed by atoms with E-state index in [1.165, 1.54) is 22.8 Å². The summed E-state index contributed by atoms with van der Waals surface area (Å²) in [6.07, 6.45) is 8.69. The maximum Gasteiger partial charge on any atom is 0.369 e. The first-order chi connectivity index (χ1) is 51.3. The zero-order valence-corrected chi connectivity index (χ0v) is 66.1. The van der Waals surface area contributed by atoms with Gasteiger partial charge < -0.3 is 36.1 Å². The Kier molecular flexibility index (Phi) is 38.2. The van der Waals surface area contributed by atoms with E-state index in [0.29, 0.717) is 65.6 Å². The van der Waals surface area contributed by atoms with Gasteiger partial charge in [0.15, 0.2) is 11.6 Å². The number of aliphatic imine (C=N–C) groups is 1. The second-order valence-corrected chi connectivity index (χ2v) is 30.5. The van der Waals surface area contributed by atoms with E-state index in [4.69, 9.17) is 71.6 Å². The zero-order valence-electron chi connectivity index (χ0n) is 58.3. The number of nitrogens with two attached hydrogens (primary N) is 1. The highest BCUT2D eigenvalue weighted by atomic mass is 79.9. The highest BCUT2D eigenvalue weighted by molar-refractivity contribution is 9.69. The number of hydrogen-bond acceptors (Lipinski definition) is 15. The van der Waals surface area contributed by atoms with E-state index in [2.05, 4.69) is 145 Å². The van der Waals surface area contributed by atoms with Crippen molar-refractivity contribution in [2.45, 2.75) is 46.0 Å². The molecule has 0 atom stereocenters. The Morgan fingerprint density at radius 3 is 1.12 bits per heavy atom. The lowest BCUT2D eigenvalue weighted by Crippen LogP contribution is -2.17. The van der Waals surface area contributed by atoms with Crippen molar-refractivity contribution in [3.05, 3.63) is 311 Å². The van der Waals surface area contributed by atoms with Crippen molar-refractivity contribution in [2.24, 2.45) is 4.99 Å². The van der Waals surface area contributed by atoms with Crippen LogP contribution in [0.1, 0.15) is 56.0 Å². The summed E-state index contributed by atoms with van der Waals surface area (Å²) in [5.41, 5.74) is 21.4. The topological polar surface area (TPSA) is 250 Å². The number of alkyl halides is 4. The lowest BCUT2D eigenvalue weighted by atomic mass is 10.1. The monoisotopic (exact) mass is 1690 g/mol. The molecular weight excluding hydrogens is 1620 g/mol. The number of nitrogen functional groups attached to an aromatic ring is 1. The van der Waals surface area contributed by atoms with Crippen LogP contribution in [0, 0.1) is 13.8 Å². The van der Waals surface area contributed by atoms with Gasteiger partial charge in [0.25, 0.3) is 0 Å². The van der Waals surface area contributed by atoms with Gasteiger partial charge >= 0.3 is 3.18 Å². The van der Waals surface area contributed by atoms with Crippen molar-refractivity contribution in [2.75, 3.05) is 47.7 Å². The number of anilines is 3. The van der Waals surface area contributed by atoms with Crippen molar-refractivity contribution in [1.29, 1.82) is 0 Å². The number of hydrogen-bond donors (Lipinski definition) is 5.